The zero-order valence-electron chi connectivity index (χ0n) is 18.1. The van der Waals surface area contributed by atoms with Gasteiger partial charge in [0, 0.05) is 17.8 Å². The number of likely N-dealkylation sites (N-methyl/N-ethyl adjacent to an activating group) is 1. The summed E-state index contributed by atoms with van der Waals surface area (Å²) in [7, 11) is 1.77. The second kappa shape index (κ2) is 9.61. The summed E-state index contributed by atoms with van der Waals surface area (Å²) in [4.78, 5) is 26.6. The van der Waals surface area contributed by atoms with Crippen molar-refractivity contribution in [3.63, 3.8) is 0 Å². The highest BCUT2D eigenvalue weighted by atomic mass is 35.5. The molecule has 3 rings (SSSR count). The van der Waals surface area contributed by atoms with Gasteiger partial charge in [-0.05, 0) is 55.2 Å². The van der Waals surface area contributed by atoms with Crippen LogP contribution in [0.5, 0.6) is 0 Å². The first kappa shape index (κ1) is 24.9. The summed E-state index contributed by atoms with van der Waals surface area (Å²) in [6.45, 7) is 0.520. The summed E-state index contributed by atoms with van der Waals surface area (Å²) in [5, 5.41) is 15.5. The first-order valence-electron chi connectivity index (χ1n) is 10.3. The molecule has 0 spiro atoms. The van der Waals surface area contributed by atoms with Crippen LogP contribution >= 0.6 is 11.6 Å². The number of nitrogens with zero attached hydrogens (tertiary/aromatic N) is 1. The third kappa shape index (κ3) is 5.59. The number of hydrogen-bond acceptors (Lipinski definition) is 4. The lowest BCUT2D eigenvalue weighted by Crippen LogP contribution is -2.55. The minimum Gasteiger partial charge on any atom is -0.373 e. The van der Waals surface area contributed by atoms with Gasteiger partial charge in [-0.3, -0.25) is 9.59 Å². The van der Waals surface area contributed by atoms with Crippen LogP contribution < -0.4 is 15.5 Å². The molecule has 1 aliphatic rings. The minimum absolute atomic E-state index is 0.0922. The summed E-state index contributed by atoms with van der Waals surface area (Å²) in [6, 6.07) is 12.9. The van der Waals surface area contributed by atoms with Gasteiger partial charge in [-0.25, -0.2) is 0 Å². The summed E-state index contributed by atoms with van der Waals surface area (Å²) >= 11 is 5.90. The van der Waals surface area contributed by atoms with E-state index in [9.17, 15) is 27.9 Å². The van der Waals surface area contributed by atoms with Crippen molar-refractivity contribution >= 4 is 29.1 Å². The molecule has 2 amide bonds. The molecule has 0 saturated heterocycles. The maximum Gasteiger partial charge on any atom is 0.426 e. The molecule has 0 bridgehead atoms. The van der Waals surface area contributed by atoms with E-state index in [1.807, 2.05) is 0 Å². The second-order valence-electron chi connectivity index (χ2n) is 8.25. The van der Waals surface area contributed by atoms with Crippen molar-refractivity contribution in [2.75, 3.05) is 18.5 Å². The third-order valence-corrected chi connectivity index (χ3v) is 6.03. The van der Waals surface area contributed by atoms with Crippen LogP contribution in [0.1, 0.15) is 43.0 Å². The number of halogens is 4. The molecule has 3 N–H and O–H groups in total. The van der Waals surface area contributed by atoms with Gasteiger partial charge in [0.05, 0.1) is 18.6 Å². The number of rotatable bonds is 6. The van der Waals surface area contributed by atoms with Crippen molar-refractivity contribution in [1.29, 1.82) is 0 Å². The third-order valence-electron chi connectivity index (χ3n) is 5.77. The van der Waals surface area contributed by atoms with Crippen LogP contribution in [0.2, 0.25) is 5.02 Å². The highest BCUT2D eigenvalue weighted by Crippen LogP contribution is 2.37. The van der Waals surface area contributed by atoms with Crippen LogP contribution in [0.4, 0.5) is 18.9 Å². The Morgan fingerprint density at radius 2 is 1.55 bits per heavy atom. The average Bonchev–Trinajstić information content (AvgIpc) is 2.75. The van der Waals surface area contributed by atoms with Gasteiger partial charge in [0.2, 0.25) is 11.5 Å². The molecule has 2 aromatic carbocycles. The SMILES string of the molecule is CN(CC(=O)NC1CCC(NC(=O)C(C)(O)C(F)(F)F)c2ccccc21)c1ccc(Cl)cc1. The van der Waals surface area contributed by atoms with Crippen LogP contribution in [-0.4, -0.2) is 42.3 Å². The normalized spacial score (nSPS) is 19.7. The Balaban J connectivity index is 1.69. The van der Waals surface area contributed by atoms with Crippen LogP contribution in [0, 0.1) is 0 Å². The van der Waals surface area contributed by atoms with Crippen molar-refractivity contribution in [3.8, 4) is 0 Å². The van der Waals surface area contributed by atoms with Crippen molar-refractivity contribution < 1.29 is 27.9 Å². The summed E-state index contributed by atoms with van der Waals surface area (Å²) < 4.78 is 39.1. The monoisotopic (exact) mass is 483 g/mol. The zero-order chi connectivity index (χ0) is 24.4. The molecular formula is C23H25ClF3N3O3. The van der Waals surface area contributed by atoms with E-state index in [0.29, 0.717) is 35.9 Å². The molecule has 6 nitrogen and oxygen atoms in total. The Labute approximate surface area is 194 Å². The molecule has 3 unspecified atom stereocenters. The van der Waals surface area contributed by atoms with Crippen LogP contribution in [0.15, 0.2) is 48.5 Å². The molecule has 0 saturated carbocycles. The van der Waals surface area contributed by atoms with Gasteiger partial charge >= 0.3 is 6.18 Å². The molecule has 0 aliphatic heterocycles. The lowest BCUT2D eigenvalue weighted by molar-refractivity contribution is -0.245. The number of hydrogen-bond donors (Lipinski definition) is 3. The largest absolute Gasteiger partial charge is 0.426 e. The topological polar surface area (TPSA) is 81.7 Å². The Kier molecular flexibility index (Phi) is 7.23. The van der Waals surface area contributed by atoms with E-state index in [2.05, 4.69) is 10.6 Å². The van der Waals surface area contributed by atoms with Gasteiger partial charge in [-0.2, -0.15) is 13.2 Å². The molecule has 0 aromatic heterocycles. The van der Waals surface area contributed by atoms with Crippen LogP contribution in [0.3, 0.4) is 0 Å². The summed E-state index contributed by atoms with van der Waals surface area (Å²) in [5.41, 5.74) is -1.37. The van der Waals surface area contributed by atoms with Gasteiger partial charge in [-0.1, -0.05) is 35.9 Å². The first-order valence-corrected chi connectivity index (χ1v) is 10.7. The van der Waals surface area contributed by atoms with E-state index in [1.54, 1.807) is 60.5 Å². The highest BCUT2D eigenvalue weighted by Gasteiger charge is 2.56. The molecule has 33 heavy (non-hydrogen) atoms. The fourth-order valence-corrected chi connectivity index (χ4v) is 3.89. The van der Waals surface area contributed by atoms with Crippen molar-refractivity contribution in [2.24, 2.45) is 0 Å². The number of alkyl halides is 3. The molecule has 0 heterocycles. The van der Waals surface area contributed by atoms with E-state index in [0.717, 1.165) is 5.69 Å². The number of amides is 2. The number of carbonyl (C=O) groups excluding carboxylic acids is 2. The number of anilines is 1. The zero-order valence-corrected chi connectivity index (χ0v) is 18.9. The van der Waals surface area contributed by atoms with Gasteiger partial charge in [-0.15, -0.1) is 0 Å². The molecule has 3 atom stereocenters. The highest BCUT2D eigenvalue weighted by molar-refractivity contribution is 6.30. The van der Waals surface area contributed by atoms with E-state index in [4.69, 9.17) is 11.6 Å². The Morgan fingerprint density at radius 1 is 1.03 bits per heavy atom. The smallest absolute Gasteiger partial charge is 0.373 e. The predicted molar refractivity (Wildman–Crippen MR) is 119 cm³/mol. The number of fused-ring (bicyclic) bond motifs is 1. The molecule has 0 radical (unpaired) electrons. The summed E-state index contributed by atoms with van der Waals surface area (Å²) in [6.07, 6.45) is -4.39. The van der Waals surface area contributed by atoms with Gasteiger partial charge in [0.25, 0.3) is 5.91 Å². The van der Waals surface area contributed by atoms with Crippen LogP contribution in [0.25, 0.3) is 0 Å². The van der Waals surface area contributed by atoms with E-state index >= 15 is 0 Å². The first-order chi connectivity index (χ1) is 15.4. The molecular weight excluding hydrogens is 459 g/mol. The lowest BCUT2D eigenvalue weighted by atomic mass is 9.83. The molecule has 0 fully saturated rings. The summed E-state index contributed by atoms with van der Waals surface area (Å²) in [5.74, 6) is -1.74. The maximum atomic E-state index is 13.0. The van der Waals surface area contributed by atoms with E-state index in [1.165, 1.54) is 0 Å². The van der Waals surface area contributed by atoms with Gasteiger partial charge in [0.1, 0.15) is 0 Å². The number of benzene rings is 2. The molecule has 2 aromatic rings. The minimum atomic E-state index is -5.10. The maximum absolute atomic E-state index is 13.0. The Morgan fingerprint density at radius 3 is 2.06 bits per heavy atom. The number of aliphatic hydroxyl groups is 1. The van der Waals surface area contributed by atoms with E-state index < -0.39 is 23.7 Å². The Hall–Kier alpha value is -2.78. The van der Waals surface area contributed by atoms with E-state index in [-0.39, 0.29) is 18.5 Å². The van der Waals surface area contributed by atoms with Crippen molar-refractivity contribution in [3.05, 3.63) is 64.7 Å². The Bertz CT molecular complexity index is 1010. The number of nitrogens with one attached hydrogen (secondary N) is 2. The fraction of sp³-hybridized carbons (Fsp3) is 0.391. The quantitative estimate of drug-likeness (QED) is 0.582. The standard InChI is InChI=1S/C23H25ClF3N3O3/c1-22(33,23(25,26)27)21(32)29-19-12-11-18(16-5-3-4-6-17(16)19)28-20(31)13-30(2)15-9-7-14(24)8-10-15/h3-10,18-19,33H,11-13H2,1-2H3,(H,28,31)(H,29,32). The second-order valence-corrected chi connectivity index (χ2v) is 8.69. The fourth-order valence-electron chi connectivity index (χ4n) is 3.76. The van der Waals surface area contributed by atoms with Gasteiger partial charge < -0.3 is 20.6 Å². The average molecular weight is 484 g/mol. The lowest BCUT2D eigenvalue weighted by Gasteiger charge is -2.34. The van der Waals surface area contributed by atoms with Crippen molar-refractivity contribution in [2.45, 2.75) is 43.6 Å². The van der Waals surface area contributed by atoms with Gasteiger partial charge in [0.15, 0.2) is 0 Å². The predicted octanol–water partition coefficient (Wildman–Crippen LogP) is 3.90. The molecule has 178 valence electrons. The number of carbonyl (C=O) groups is 2. The van der Waals surface area contributed by atoms with Crippen molar-refractivity contribution in [1.82, 2.24) is 10.6 Å². The molecule has 10 heteroatoms. The molecule has 1 aliphatic carbocycles. The van der Waals surface area contributed by atoms with Crippen LogP contribution in [-0.2, 0) is 9.59 Å².